The number of nitrogens with zero attached hydrogens (tertiary/aromatic N) is 1. The lowest BCUT2D eigenvalue weighted by Gasteiger charge is -2.16. The number of sulfone groups is 1. The van der Waals surface area contributed by atoms with Gasteiger partial charge >= 0.3 is 0 Å². The summed E-state index contributed by atoms with van der Waals surface area (Å²) in [6.45, 7) is 3.14. The van der Waals surface area contributed by atoms with Gasteiger partial charge in [0.25, 0.3) is 0 Å². The molecule has 0 unspecified atom stereocenters. The Morgan fingerprint density at radius 1 is 1.11 bits per heavy atom. The molecule has 0 amide bonds. The van der Waals surface area contributed by atoms with Gasteiger partial charge in [-0.1, -0.05) is 6.08 Å². The number of hydrogen-bond acceptors (Lipinski definition) is 8. The molecular formula is C25H29N3O6S. The minimum Gasteiger partial charge on any atom is -0.488 e. The Morgan fingerprint density at radius 2 is 1.89 bits per heavy atom. The smallest absolute Gasteiger partial charge is 0.192 e. The zero-order chi connectivity index (χ0) is 25.0. The summed E-state index contributed by atoms with van der Waals surface area (Å²) >= 11 is 0. The molecule has 9 nitrogen and oxygen atoms in total. The zero-order valence-corrected chi connectivity index (χ0v) is 20.6. The van der Waals surface area contributed by atoms with E-state index in [2.05, 4.69) is 15.3 Å². The van der Waals surface area contributed by atoms with E-state index in [1.54, 1.807) is 19.2 Å². The Hall–Kier alpha value is -3.34. The summed E-state index contributed by atoms with van der Waals surface area (Å²) in [5.41, 5.74) is 3.56. The molecule has 0 bridgehead atoms. The number of aromatic amines is 1. The first-order valence-electron chi connectivity index (χ1n) is 11.2. The lowest BCUT2D eigenvalue weighted by atomic mass is 10.1. The SMILES string of the molecule is COC[C@H](C)Oc1cc(Oc2ccc(S(C)(=O)=O)nc2)cc(-c2ccc(C3=C[C@@H](CO)CN3)[nH]2)c1. The van der Waals surface area contributed by atoms with E-state index >= 15 is 0 Å². The molecule has 0 saturated heterocycles. The third-order valence-corrected chi connectivity index (χ3v) is 6.42. The van der Waals surface area contributed by atoms with Gasteiger partial charge in [0.15, 0.2) is 14.9 Å². The quantitative estimate of drug-likeness (QED) is 0.389. The van der Waals surface area contributed by atoms with Crippen LogP contribution in [0.1, 0.15) is 12.6 Å². The van der Waals surface area contributed by atoms with Crippen LogP contribution in [0.2, 0.25) is 0 Å². The van der Waals surface area contributed by atoms with E-state index in [0.29, 0.717) is 30.4 Å². The molecule has 10 heteroatoms. The highest BCUT2D eigenvalue weighted by Gasteiger charge is 2.17. The van der Waals surface area contributed by atoms with Crippen LogP contribution < -0.4 is 14.8 Å². The second kappa shape index (κ2) is 10.5. The fourth-order valence-corrected chi connectivity index (χ4v) is 4.31. The van der Waals surface area contributed by atoms with Gasteiger partial charge in [0.1, 0.15) is 23.4 Å². The van der Waals surface area contributed by atoms with E-state index in [9.17, 15) is 13.5 Å². The summed E-state index contributed by atoms with van der Waals surface area (Å²) in [5.74, 6) is 1.59. The molecule has 2 atom stereocenters. The van der Waals surface area contributed by atoms with Crippen molar-refractivity contribution in [3.63, 3.8) is 0 Å². The van der Waals surface area contributed by atoms with Gasteiger partial charge in [0, 0.05) is 43.2 Å². The first-order chi connectivity index (χ1) is 16.7. The first kappa shape index (κ1) is 24.8. The second-order valence-electron chi connectivity index (χ2n) is 8.47. The fraction of sp³-hybridized carbons (Fsp3) is 0.320. The van der Waals surface area contributed by atoms with E-state index in [1.165, 1.54) is 12.3 Å². The van der Waals surface area contributed by atoms with Gasteiger partial charge in [0.05, 0.1) is 30.8 Å². The van der Waals surface area contributed by atoms with Gasteiger partial charge in [-0.3, -0.25) is 0 Å². The van der Waals surface area contributed by atoms with Crippen molar-refractivity contribution < 1.29 is 27.7 Å². The largest absolute Gasteiger partial charge is 0.488 e. The summed E-state index contributed by atoms with van der Waals surface area (Å²) in [5, 5.41) is 12.7. The van der Waals surface area contributed by atoms with Crippen molar-refractivity contribution in [2.24, 2.45) is 5.92 Å². The van der Waals surface area contributed by atoms with Crippen LogP contribution in [0, 0.1) is 5.92 Å². The van der Waals surface area contributed by atoms with Gasteiger partial charge < -0.3 is 29.6 Å². The van der Waals surface area contributed by atoms with Crippen LogP contribution in [0.25, 0.3) is 17.0 Å². The molecule has 1 aliphatic heterocycles. The Labute approximate surface area is 204 Å². The minimum absolute atomic E-state index is 0.0202. The lowest BCUT2D eigenvalue weighted by molar-refractivity contribution is 0.0920. The van der Waals surface area contributed by atoms with Crippen molar-refractivity contribution in [3.05, 3.63) is 60.4 Å². The highest BCUT2D eigenvalue weighted by molar-refractivity contribution is 7.90. The molecule has 0 radical (unpaired) electrons. The van der Waals surface area contributed by atoms with Crippen molar-refractivity contribution in [2.45, 2.75) is 18.1 Å². The lowest BCUT2D eigenvalue weighted by Crippen LogP contribution is -2.17. The average Bonchev–Trinajstić information content (AvgIpc) is 3.48. The number of ether oxygens (including phenoxy) is 3. The van der Waals surface area contributed by atoms with Crippen molar-refractivity contribution >= 4 is 15.5 Å². The van der Waals surface area contributed by atoms with Crippen LogP contribution in [0.4, 0.5) is 0 Å². The summed E-state index contributed by atoms with van der Waals surface area (Å²) in [7, 11) is -1.78. The Kier molecular flexibility index (Phi) is 7.44. The number of aliphatic hydroxyl groups is 1. The molecule has 0 aliphatic carbocycles. The number of nitrogens with one attached hydrogen (secondary N) is 2. The summed E-state index contributed by atoms with van der Waals surface area (Å²) in [6.07, 6.45) is 4.32. The Balaban J connectivity index is 1.63. The molecule has 0 spiro atoms. The van der Waals surface area contributed by atoms with Crippen LogP contribution in [0.3, 0.4) is 0 Å². The van der Waals surface area contributed by atoms with Crippen molar-refractivity contribution in [2.75, 3.05) is 33.1 Å². The number of H-pyrrole nitrogens is 1. The van der Waals surface area contributed by atoms with Crippen molar-refractivity contribution in [3.8, 4) is 28.5 Å². The van der Waals surface area contributed by atoms with Crippen LogP contribution in [0.5, 0.6) is 17.2 Å². The maximum atomic E-state index is 11.7. The van der Waals surface area contributed by atoms with E-state index in [-0.39, 0.29) is 23.7 Å². The molecule has 3 heterocycles. The van der Waals surface area contributed by atoms with Crippen LogP contribution in [-0.2, 0) is 14.6 Å². The average molecular weight is 500 g/mol. The number of benzene rings is 1. The topological polar surface area (TPSA) is 123 Å². The number of aromatic nitrogens is 2. The van der Waals surface area contributed by atoms with Gasteiger partial charge in [-0.2, -0.15) is 0 Å². The highest BCUT2D eigenvalue weighted by atomic mass is 32.2. The number of methoxy groups -OCH3 is 1. The molecule has 3 aromatic rings. The standard InChI is InChI=1S/C25H29N3O6S/c1-16(15-32-2)33-20-9-18(22-5-6-23(28-22)24-8-17(14-29)12-26-24)10-21(11-20)34-19-4-7-25(27-13-19)35(3,30)31/h4-11,13,16-17,26,28-29H,12,14-15H2,1-3H3/t16-,17+/m0/s1. The zero-order valence-electron chi connectivity index (χ0n) is 19.8. The summed E-state index contributed by atoms with van der Waals surface area (Å²) in [4.78, 5) is 7.39. The molecule has 3 N–H and O–H groups in total. The van der Waals surface area contributed by atoms with Crippen LogP contribution >= 0.6 is 0 Å². The molecule has 0 fully saturated rings. The van der Waals surface area contributed by atoms with Crippen molar-refractivity contribution in [1.82, 2.24) is 15.3 Å². The molecule has 186 valence electrons. The third kappa shape index (κ3) is 6.21. The Morgan fingerprint density at radius 3 is 2.54 bits per heavy atom. The molecule has 4 rings (SSSR count). The van der Waals surface area contributed by atoms with Crippen molar-refractivity contribution in [1.29, 1.82) is 0 Å². The molecular weight excluding hydrogens is 470 g/mol. The third-order valence-electron chi connectivity index (χ3n) is 5.42. The van der Waals surface area contributed by atoms with Crippen LogP contribution in [0.15, 0.2) is 59.8 Å². The predicted molar refractivity (Wildman–Crippen MR) is 132 cm³/mol. The monoisotopic (exact) mass is 499 g/mol. The molecule has 1 aromatic carbocycles. The number of aliphatic hydroxyl groups excluding tert-OH is 1. The van der Waals surface area contributed by atoms with E-state index in [4.69, 9.17) is 14.2 Å². The normalized spacial score (nSPS) is 16.5. The van der Waals surface area contributed by atoms with Gasteiger partial charge in [-0.05, 0) is 43.3 Å². The van der Waals surface area contributed by atoms with E-state index in [1.807, 2.05) is 37.3 Å². The molecule has 1 aliphatic rings. The van der Waals surface area contributed by atoms with E-state index in [0.717, 1.165) is 28.9 Å². The first-order valence-corrected chi connectivity index (χ1v) is 13.0. The van der Waals surface area contributed by atoms with Gasteiger partial charge in [-0.15, -0.1) is 0 Å². The Bertz CT molecular complexity index is 1300. The van der Waals surface area contributed by atoms with Crippen LogP contribution in [-0.4, -0.2) is 62.7 Å². The van der Waals surface area contributed by atoms with Gasteiger partial charge in [-0.25, -0.2) is 13.4 Å². The maximum Gasteiger partial charge on any atom is 0.192 e. The number of rotatable bonds is 10. The summed E-state index contributed by atoms with van der Waals surface area (Å²) in [6, 6.07) is 12.4. The maximum absolute atomic E-state index is 11.7. The molecule has 0 saturated carbocycles. The van der Waals surface area contributed by atoms with E-state index < -0.39 is 9.84 Å². The fourth-order valence-electron chi connectivity index (χ4n) is 3.76. The summed E-state index contributed by atoms with van der Waals surface area (Å²) < 4.78 is 40.6. The highest BCUT2D eigenvalue weighted by Crippen LogP contribution is 2.33. The number of hydrogen-bond donors (Lipinski definition) is 3. The second-order valence-corrected chi connectivity index (χ2v) is 10.4. The minimum atomic E-state index is -3.40. The molecule has 35 heavy (non-hydrogen) atoms. The molecule has 2 aromatic heterocycles. The number of pyridine rings is 1. The van der Waals surface area contributed by atoms with Gasteiger partial charge in [0.2, 0.25) is 0 Å². The predicted octanol–water partition coefficient (Wildman–Crippen LogP) is 3.24.